The molecule has 23 heavy (non-hydrogen) atoms. The molecule has 0 aliphatic heterocycles. The van der Waals surface area contributed by atoms with Crippen molar-refractivity contribution in [2.75, 3.05) is 13.7 Å². The summed E-state index contributed by atoms with van der Waals surface area (Å²) in [6.45, 7) is 3.27. The van der Waals surface area contributed by atoms with Crippen LogP contribution in [0.1, 0.15) is 19.4 Å². The van der Waals surface area contributed by atoms with E-state index in [-0.39, 0.29) is 18.9 Å². The maximum absolute atomic E-state index is 13.0. The Labute approximate surface area is 134 Å². The highest BCUT2D eigenvalue weighted by molar-refractivity contribution is 5.88. The van der Waals surface area contributed by atoms with Gasteiger partial charge in [0.2, 0.25) is 11.8 Å². The zero-order chi connectivity index (χ0) is 17.4. The number of ether oxygens (including phenoxy) is 1. The molecule has 126 valence electrons. The molecule has 1 atom stereocenters. The van der Waals surface area contributed by atoms with Crippen LogP contribution in [0, 0.1) is 11.7 Å². The number of nitrogens with one attached hydrogen (secondary N) is 2. The molecule has 0 saturated heterocycles. The van der Waals surface area contributed by atoms with Gasteiger partial charge in [0.25, 0.3) is 0 Å². The fourth-order valence-corrected chi connectivity index (χ4v) is 1.92. The second-order valence-corrected chi connectivity index (χ2v) is 5.40. The van der Waals surface area contributed by atoms with Crippen LogP contribution in [0.4, 0.5) is 4.39 Å². The predicted octanol–water partition coefficient (Wildman–Crippen LogP) is 0.798. The summed E-state index contributed by atoms with van der Waals surface area (Å²) in [4.78, 5) is 35.1. The van der Waals surface area contributed by atoms with Crippen LogP contribution in [0.15, 0.2) is 24.3 Å². The van der Waals surface area contributed by atoms with Crippen molar-refractivity contribution in [1.29, 1.82) is 0 Å². The van der Waals surface area contributed by atoms with Gasteiger partial charge in [0.15, 0.2) is 0 Å². The normalized spacial score (nSPS) is 11.7. The Bertz CT molecular complexity index is 575. The molecule has 0 aliphatic rings. The Morgan fingerprint density at radius 1 is 1.22 bits per heavy atom. The number of rotatable bonds is 7. The van der Waals surface area contributed by atoms with Crippen LogP contribution in [0.2, 0.25) is 0 Å². The molecule has 1 rings (SSSR count). The highest BCUT2D eigenvalue weighted by atomic mass is 19.1. The maximum Gasteiger partial charge on any atom is 0.328 e. The number of esters is 1. The molecule has 2 amide bonds. The molecular weight excluding hydrogens is 303 g/mol. The van der Waals surface area contributed by atoms with E-state index in [9.17, 15) is 18.8 Å². The summed E-state index contributed by atoms with van der Waals surface area (Å²) in [7, 11) is 1.24. The van der Waals surface area contributed by atoms with Gasteiger partial charge in [0.05, 0.1) is 20.1 Å². The first kappa shape index (κ1) is 18.6. The van der Waals surface area contributed by atoms with Crippen LogP contribution in [0.5, 0.6) is 0 Å². The third kappa shape index (κ3) is 6.46. The van der Waals surface area contributed by atoms with Gasteiger partial charge in [0.1, 0.15) is 11.9 Å². The zero-order valence-corrected chi connectivity index (χ0v) is 13.4. The van der Waals surface area contributed by atoms with Crippen LogP contribution in [0.25, 0.3) is 0 Å². The Hall–Kier alpha value is -2.44. The van der Waals surface area contributed by atoms with Gasteiger partial charge in [0, 0.05) is 0 Å². The number of benzene rings is 1. The molecule has 1 aromatic carbocycles. The summed E-state index contributed by atoms with van der Waals surface area (Å²) < 4.78 is 17.6. The highest BCUT2D eigenvalue weighted by Gasteiger charge is 2.24. The third-order valence-electron chi connectivity index (χ3n) is 3.14. The van der Waals surface area contributed by atoms with Crippen molar-refractivity contribution in [3.05, 3.63) is 35.6 Å². The van der Waals surface area contributed by atoms with E-state index >= 15 is 0 Å². The largest absolute Gasteiger partial charge is 0.467 e. The Morgan fingerprint density at radius 3 is 2.48 bits per heavy atom. The summed E-state index contributed by atoms with van der Waals surface area (Å²) in [5.74, 6) is -2.02. The van der Waals surface area contributed by atoms with Gasteiger partial charge in [-0.25, -0.2) is 9.18 Å². The average molecular weight is 324 g/mol. The number of carbonyl (C=O) groups is 3. The lowest BCUT2D eigenvalue weighted by Gasteiger charge is -2.19. The van der Waals surface area contributed by atoms with Crippen molar-refractivity contribution in [3.63, 3.8) is 0 Å². The number of amides is 2. The van der Waals surface area contributed by atoms with E-state index < -0.39 is 29.6 Å². The Morgan fingerprint density at radius 2 is 1.91 bits per heavy atom. The first-order valence-electron chi connectivity index (χ1n) is 7.21. The number of hydrogen-bond acceptors (Lipinski definition) is 4. The van der Waals surface area contributed by atoms with Crippen molar-refractivity contribution in [2.45, 2.75) is 26.3 Å². The fourth-order valence-electron chi connectivity index (χ4n) is 1.92. The number of methoxy groups -OCH3 is 1. The first-order chi connectivity index (χ1) is 10.8. The Balaban J connectivity index is 2.45. The van der Waals surface area contributed by atoms with Gasteiger partial charge in [-0.1, -0.05) is 26.0 Å². The summed E-state index contributed by atoms with van der Waals surface area (Å²) in [5, 5.41) is 4.93. The molecule has 0 spiro atoms. The van der Waals surface area contributed by atoms with Crippen LogP contribution in [0.3, 0.4) is 0 Å². The molecular formula is C16H21FN2O4. The topological polar surface area (TPSA) is 84.5 Å². The van der Waals surface area contributed by atoms with Gasteiger partial charge in [-0.05, 0) is 23.6 Å². The SMILES string of the molecule is COC(=O)[C@@H](NC(=O)CNC(=O)Cc1cccc(F)c1)C(C)C. The minimum absolute atomic E-state index is 0.0321. The quantitative estimate of drug-likeness (QED) is 0.727. The smallest absolute Gasteiger partial charge is 0.328 e. The highest BCUT2D eigenvalue weighted by Crippen LogP contribution is 2.04. The van der Waals surface area contributed by atoms with Gasteiger partial charge in [-0.2, -0.15) is 0 Å². The minimum atomic E-state index is -0.771. The molecule has 6 nitrogen and oxygen atoms in total. The van der Waals surface area contributed by atoms with Crippen molar-refractivity contribution >= 4 is 17.8 Å². The first-order valence-corrected chi connectivity index (χ1v) is 7.21. The summed E-state index contributed by atoms with van der Waals surface area (Å²) in [5.41, 5.74) is 0.512. The van der Waals surface area contributed by atoms with Crippen LogP contribution in [-0.4, -0.2) is 37.5 Å². The lowest BCUT2D eigenvalue weighted by molar-refractivity contribution is -0.146. The van der Waals surface area contributed by atoms with E-state index in [4.69, 9.17) is 0 Å². The molecule has 0 heterocycles. The molecule has 1 aromatic rings. The lowest BCUT2D eigenvalue weighted by Crippen LogP contribution is -2.48. The molecule has 2 N–H and O–H groups in total. The zero-order valence-electron chi connectivity index (χ0n) is 13.4. The molecule has 0 aliphatic carbocycles. The maximum atomic E-state index is 13.0. The molecule has 0 saturated carbocycles. The third-order valence-corrected chi connectivity index (χ3v) is 3.14. The van der Waals surface area contributed by atoms with Crippen LogP contribution < -0.4 is 10.6 Å². The Kier molecular flexibility index (Phi) is 7.18. The van der Waals surface area contributed by atoms with E-state index in [2.05, 4.69) is 15.4 Å². The molecule has 0 aromatic heterocycles. The van der Waals surface area contributed by atoms with Gasteiger partial charge < -0.3 is 15.4 Å². The van der Waals surface area contributed by atoms with Crippen molar-refractivity contribution < 1.29 is 23.5 Å². The average Bonchev–Trinajstić information content (AvgIpc) is 2.49. The standard InChI is InChI=1S/C16H21FN2O4/c1-10(2)15(16(22)23-3)19-14(21)9-18-13(20)8-11-5-4-6-12(17)7-11/h4-7,10,15H,8-9H2,1-3H3,(H,18,20)(H,19,21)/t15-/m0/s1. The molecule has 0 radical (unpaired) electrons. The van der Waals surface area contributed by atoms with Gasteiger partial charge in [-0.3, -0.25) is 9.59 Å². The van der Waals surface area contributed by atoms with Crippen LogP contribution >= 0.6 is 0 Å². The van der Waals surface area contributed by atoms with E-state index in [1.54, 1.807) is 19.9 Å². The molecule has 7 heteroatoms. The van der Waals surface area contributed by atoms with Crippen molar-refractivity contribution in [3.8, 4) is 0 Å². The van der Waals surface area contributed by atoms with Gasteiger partial charge >= 0.3 is 5.97 Å². The summed E-state index contributed by atoms with van der Waals surface area (Å²) in [6, 6.07) is 4.90. The summed E-state index contributed by atoms with van der Waals surface area (Å²) >= 11 is 0. The van der Waals surface area contributed by atoms with E-state index in [1.807, 2.05) is 0 Å². The van der Waals surface area contributed by atoms with E-state index in [0.29, 0.717) is 5.56 Å². The summed E-state index contributed by atoms with van der Waals surface area (Å²) in [6.07, 6.45) is -0.0321. The molecule has 0 fully saturated rings. The molecule has 0 bridgehead atoms. The lowest BCUT2D eigenvalue weighted by atomic mass is 10.0. The van der Waals surface area contributed by atoms with Crippen molar-refractivity contribution in [2.24, 2.45) is 5.92 Å². The van der Waals surface area contributed by atoms with Crippen molar-refractivity contribution in [1.82, 2.24) is 10.6 Å². The number of halogens is 1. The predicted molar refractivity (Wildman–Crippen MR) is 81.9 cm³/mol. The van der Waals surface area contributed by atoms with E-state index in [0.717, 1.165) is 0 Å². The molecule has 0 unspecified atom stereocenters. The monoisotopic (exact) mass is 324 g/mol. The van der Waals surface area contributed by atoms with Gasteiger partial charge in [-0.15, -0.1) is 0 Å². The fraction of sp³-hybridized carbons (Fsp3) is 0.438. The number of carbonyl (C=O) groups excluding carboxylic acids is 3. The minimum Gasteiger partial charge on any atom is -0.467 e. The van der Waals surface area contributed by atoms with E-state index in [1.165, 1.54) is 25.3 Å². The second kappa shape index (κ2) is 8.87. The number of hydrogen-bond donors (Lipinski definition) is 2. The van der Waals surface area contributed by atoms with Crippen LogP contribution in [-0.2, 0) is 25.5 Å². The second-order valence-electron chi connectivity index (χ2n) is 5.40.